The number of hydrogen-bond acceptors (Lipinski definition) is 6. The van der Waals surface area contributed by atoms with E-state index in [1.165, 1.54) is 0 Å². The topological polar surface area (TPSA) is 74.7 Å². The van der Waals surface area contributed by atoms with E-state index in [9.17, 15) is 9.90 Å². The Balaban J connectivity index is 1.34. The number of carbonyl (C=O) groups is 1. The fraction of sp³-hybridized carbons (Fsp3) is 0.429. The highest BCUT2D eigenvalue weighted by molar-refractivity contribution is 7.09. The van der Waals surface area contributed by atoms with E-state index in [0.717, 1.165) is 54.3 Å². The normalized spacial score (nSPS) is 21.3. The van der Waals surface area contributed by atoms with Crippen molar-refractivity contribution in [2.75, 3.05) is 20.2 Å². The second-order valence-corrected chi connectivity index (χ2v) is 10.9. The number of ether oxygens (including phenoxy) is 1. The number of nitrogens with zero attached hydrogens (tertiary/aromatic N) is 2. The molecule has 2 aromatic carbocycles. The van der Waals surface area contributed by atoms with E-state index in [0.29, 0.717) is 17.2 Å². The molecule has 1 aliphatic carbocycles. The SMILES string of the molecule is COc1ccccc1C(=O)N[C@@H]1c2ccccc2C2(CCN(Cc3nc(C(C)C)cs3)CC2)[C@H]1O. The maximum absolute atomic E-state index is 13.2. The van der Waals surface area contributed by atoms with Gasteiger partial charge in [0.15, 0.2) is 0 Å². The Hall–Kier alpha value is -2.74. The van der Waals surface area contributed by atoms with Crippen molar-refractivity contribution in [2.24, 2.45) is 0 Å². The third kappa shape index (κ3) is 4.37. The van der Waals surface area contributed by atoms with Crippen molar-refractivity contribution in [3.8, 4) is 5.75 Å². The summed E-state index contributed by atoms with van der Waals surface area (Å²) in [7, 11) is 1.56. The lowest BCUT2D eigenvalue weighted by molar-refractivity contribution is 0.0192. The van der Waals surface area contributed by atoms with Crippen molar-refractivity contribution in [3.63, 3.8) is 0 Å². The number of thiazole rings is 1. The van der Waals surface area contributed by atoms with Crippen molar-refractivity contribution in [1.29, 1.82) is 0 Å². The van der Waals surface area contributed by atoms with Gasteiger partial charge in [0.05, 0.1) is 37.1 Å². The molecule has 1 aliphatic heterocycles. The maximum atomic E-state index is 13.2. The molecule has 0 radical (unpaired) electrons. The molecule has 2 atom stereocenters. The predicted molar refractivity (Wildman–Crippen MR) is 138 cm³/mol. The molecule has 2 N–H and O–H groups in total. The van der Waals surface area contributed by atoms with Crippen molar-refractivity contribution in [3.05, 3.63) is 81.3 Å². The molecule has 0 saturated carbocycles. The number of aliphatic hydroxyl groups excluding tert-OH is 1. The first kappa shape index (κ1) is 24.0. The van der Waals surface area contributed by atoms with Crippen molar-refractivity contribution in [1.82, 2.24) is 15.2 Å². The summed E-state index contributed by atoms with van der Waals surface area (Å²) < 4.78 is 5.38. The molecule has 1 aromatic heterocycles. The third-order valence-corrected chi connectivity index (χ3v) is 8.47. The van der Waals surface area contributed by atoms with Crippen molar-refractivity contribution < 1.29 is 14.6 Å². The number of rotatable bonds is 6. The van der Waals surface area contributed by atoms with E-state index in [1.54, 1.807) is 30.6 Å². The molecule has 1 saturated heterocycles. The number of benzene rings is 2. The van der Waals surface area contributed by atoms with Crippen molar-refractivity contribution >= 4 is 17.2 Å². The zero-order valence-corrected chi connectivity index (χ0v) is 21.3. The Bertz CT molecular complexity index is 1200. The molecule has 7 heteroatoms. The summed E-state index contributed by atoms with van der Waals surface area (Å²) >= 11 is 1.73. The smallest absolute Gasteiger partial charge is 0.255 e. The molecule has 0 unspecified atom stereocenters. The Kier molecular flexibility index (Phi) is 6.66. The van der Waals surface area contributed by atoms with Gasteiger partial charge in [0.2, 0.25) is 0 Å². The van der Waals surface area contributed by atoms with Crippen LogP contribution in [0, 0.1) is 0 Å². The van der Waals surface area contributed by atoms with Crippen LogP contribution >= 0.6 is 11.3 Å². The Labute approximate surface area is 211 Å². The van der Waals surface area contributed by atoms with Crippen LogP contribution in [0.4, 0.5) is 0 Å². The van der Waals surface area contributed by atoms with Crippen LogP contribution in [-0.2, 0) is 12.0 Å². The molecular weight excluding hydrogens is 458 g/mol. The monoisotopic (exact) mass is 491 g/mol. The first-order chi connectivity index (χ1) is 16.9. The summed E-state index contributed by atoms with van der Waals surface area (Å²) in [5, 5.41) is 18.1. The van der Waals surface area contributed by atoms with Gasteiger partial charge < -0.3 is 15.2 Å². The number of nitrogens with one attached hydrogen (secondary N) is 1. The van der Waals surface area contributed by atoms with E-state index in [4.69, 9.17) is 9.72 Å². The largest absolute Gasteiger partial charge is 0.496 e. The first-order valence-electron chi connectivity index (χ1n) is 12.3. The summed E-state index contributed by atoms with van der Waals surface area (Å²) in [5.41, 5.74) is 3.44. The Morgan fingerprint density at radius 3 is 2.63 bits per heavy atom. The number of piperidine rings is 1. The van der Waals surface area contributed by atoms with E-state index in [2.05, 4.69) is 35.5 Å². The number of methoxy groups -OCH3 is 1. The fourth-order valence-electron chi connectivity index (χ4n) is 5.61. The minimum absolute atomic E-state index is 0.236. The number of aromatic nitrogens is 1. The van der Waals surface area contributed by atoms with Crippen LogP contribution < -0.4 is 10.1 Å². The summed E-state index contributed by atoms with van der Waals surface area (Å²) in [6.45, 7) is 6.96. The predicted octanol–water partition coefficient (Wildman–Crippen LogP) is 4.65. The number of amides is 1. The van der Waals surface area contributed by atoms with Gasteiger partial charge in [0.1, 0.15) is 10.8 Å². The highest BCUT2D eigenvalue weighted by Gasteiger charge is 2.53. The van der Waals surface area contributed by atoms with Crippen LogP contribution in [0.5, 0.6) is 5.75 Å². The van der Waals surface area contributed by atoms with Crippen LogP contribution in [0.15, 0.2) is 53.9 Å². The summed E-state index contributed by atoms with van der Waals surface area (Å²) in [6.07, 6.45) is 0.997. The molecule has 1 amide bonds. The highest BCUT2D eigenvalue weighted by atomic mass is 32.1. The lowest BCUT2D eigenvalue weighted by atomic mass is 9.72. The van der Waals surface area contributed by atoms with Gasteiger partial charge in [-0.05, 0) is 55.1 Å². The molecule has 2 heterocycles. The number of carbonyl (C=O) groups excluding carboxylic acids is 1. The van der Waals surface area contributed by atoms with Gasteiger partial charge in [-0.15, -0.1) is 11.3 Å². The standard InChI is InChI=1S/C28H33N3O3S/c1-18(2)22-17-35-24(29-22)16-31-14-12-28(13-15-31)21-10-6-4-8-19(21)25(26(28)32)30-27(33)20-9-5-7-11-23(20)34-3/h4-11,17-18,25-26,32H,12-16H2,1-3H3,(H,30,33)/t25-,26+/m1/s1. The van der Waals surface area contributed by atoms with Gasteiger partial charge in [0, 0.05) is 10.8 Å². The van der Waals surface area contributed by atoms with Crippen LogP contribution in [0.2, 0.25) is 0 Å². The van der Waals surface area contributed by atoms with E-state index < -0.39 is 12.1 Å². The lowest BCUT2D eigenvalue weighted by Gasteiger charge is -2.42. The molecule has 0 bridgehead atoms. The number of para-hydroxylation sites is 1. The van der Waals surface area contributed by atoms with E-state index in [1.807, 2.05) is 30.3 Å². The summed E-state index contributed by atoms with van der Waals surface area (Å²) in [6, 6.07) is 14.9. The van der Waals surface area contributed by atoms with Gasteiger partial charge in [-0.25, -0.2) is 4.98 Å². The van der Waals surface area contributed by atoms with E-state index in [-0.39, 0.29) is 11.3 Å². The van der Waals surface area contributed by atoms with Crippen LogP contribution in [0.3, 0.4) is 0 Å². The average molecular weight is 492 g/mol. The quantitative estimate of drug-likeness (QED) is 0.525. The van der Waals surface area contributed by atoms with Crippen LogP contribution in [-0.4, -0.2) is 47.2 Å². The van der Waals surface area contributed by atoms with Gasteiger partial charge >= 0.3 is 0 Å². The molecule has 3 aromatic rings. The van der Waals surface area contributed by atoms with Gasteiger partial charge in [0.25, 0.3) is 5.91 Å². The minimum Gasteiger partial charge on any atom is -0.496 e. The Morgan fingerprint density at radius 1 is 1.20 bits per heavy atom. The fourth-order valence-corrected chi connectivity index (χ4v) is 6.60. The number of fused-ring (bicyclic) bond motifs is 2. The average Bonchev–Trinajstić information content (AvgIpc) is 3.43. The summed E-state index contributed by atoms with van der Waals surface area (Å²) in [4.78, 5) is 20.4. The second kappa shape index (κ2) is 9.72. The van der Waals surface area contributed by atoms with Crippen LogP contribution in [0.25, 0.3) is 0 Å². The highest BCUT2D eigenvalue weighted by Crippen LogP contribution is 2.51. The number of aliphatic hydroxyl groups is 1. The first-order valence-corrected chi connectivity index (χ1v) is 13.2. The van der Waals surface area contributed by atoms with E-state index >= 15 is 0 Å². The third-order valence-electron chi connectivity index (χ3n) is 7.62. The number of hydrogen-bond donors (Lipinski definition) is 2. The number of likely N-dealkylation sites (tertiary alicyclic amines) is 1. The summed E-state index contributed by atoms with van der Waals surface area (Å²) in [5.74, 6) is 0.731. The minimum atomic E-state index is -0.687. The molecule has 35 heavy (non-hydrogen) atoms. The zero-order valence-electron chi connectivity index (χ0n) is 20.5. The van der Waals surface area contributed by atoms with Crippen molar-refractivity contribution in [2.45, 2.75) is 56.7 Å². The van der Waals surface area contributed by atoms with Gasteiger partial charge in [-0.2, -0.15) is 0 Å². The molecular formula is C28H33N3O3S. The maximum Gasteiger partial charge on any atom is 0.255 e. The Morgan fingerprint density at radius 2 is 1.91 bits per heavy atom. The molecule has 1 fully saturated rings. The molecule has 6 nitrogen and oxygen atoms in total. The molecule has 2 aliphatic rings. The molecule has 5 rings (SSSR count). The molecule has 184 valence electrons. The van der Waals surface area contributed by atoms with Gasteiger partial charge in [-0.3, -0.25) is 9.69 Å². The van der Waals surface area contributed by atoms with Gasteiger partial charge in [-0.1, -0.05) is 50.2 Å². The lowest BCUT2D eigenvalue weighted by Crippen LogP contribution is -2.49. The van der Waals surface area contributed by atoms with Crippen LogP contribution in [0.1, 0.15) is 70.8 Å². The second-order valence-electron chi connectivity index (χ2n) is 9.94. The molecule has 1 spiro atoms. The zero-order chi connectivity index (χ0) is 24.6.